The van der Waals surface area contributed by atoms with E-state index in [1.807, 2.05) is 62.4 Å². The van der Waals surface area contributed by atoms with Gasteiger partial charge < -0.3 is 10.2 Å². The zero-order valence-electron chi connectivity index (χ0n) is 22.0. The van der Waals surface area contributed by atoms with Crippen LogP contribution in [0.4, 0.5) is 27.9 Å². The number of hydrogen-bond donors (Lipinski definition) is 2. The largest absolute Gasteiger partial charge is 0.508 e. The van der Waals surface area contributed by atoms with Gasteiger partial charge in [-0.25, -0.2) is 4.98 Å². The van der Waals surface area contributed by atoms with Crippen molar-refractivity contribution in [3.05, 3.63) is 96.1 Å². The smallest absolute Gasteiger partial charge is 0.241 e. The van der Waals surface area contributed by atoms with Crippen molar-refractivity contribution in [3.8, 4) is 11.5 Å². The Balaban J connectivity index is 1.36. The Kier molecular flexibility index (Phi) is 7.21. The summed E-state index contributed by atoms with van der Waals surface area (Å²) in [5, 5.41) is 38.3. The first kappa shape index (κ1) is 26.6. The van der Waals surface area contributed by atoms with E-state index >= 15 is 0 Å². The van der Waals surface area contributed by atoms with Crippen molar-refractivity contribution in [3.63, 3.8) is 0 Å². The van der Waals surface area contributed by atoms with Crippen LogP contribution in [0.1, 0.15) is 23.4 Å². The van der Waals surface area contributed by atoms with Crippen molar-refractivity contribution >= 4 is 67.1 Å². The summed E-state index contributed by atoms with van der Waals surface area (Å²) in [7, 11) is 0. The fourth-order valence-electron chi connectivity index (χ4n) is 4.46. The average Bonchev–Trinajstić information content (AvgIpc) is 3.52. The normalized spacial score (nSPS) is 17.4. The van der Waals surface area contributed by atoms with Crippen LogP contribution in [0.15, 0.2) is 105 Å². The van der Waals surface area contributed by atoms with Gasteiger partial charge in [-0.05, 0) is 67.9 Å². The molecular formula is C30H24N6O3S2. The summed E-state index contributed by atoms with van der Waals surface area (Å²) in [6.45, 7) is 3.75. The molecule has 1 aliphatic rings. The fourth-order valence-corrected chi connectivity index (χ4v) is 6.54. The van der Waals surface area contributed by atoms with E-state index in [1.165, 1.54) is 41.3 Å². The number of phenols is 2. The number of hydrogen-bond acceptors (Lipinski definition) is 10. The number of anilines is 1. The molecule has 4 aromatic carbocycles. The van der Waals surface area contributed by atoms with Gasteiger partial charge in [0.2, 0.25) is 11.0 Å². The molecule has 0 radical (unpaired) electrons. The summed E-state index contributed by atoms with van der Waals surface area (Å²) in [5.41, 5.74) is 4.28. The molecule has 2 unspecified atom stereocenters. The number of thioether (sulfide) groups is 1. The molecule has 1 saturated heterocycles. The minimum Gasteiger partial charge on any atom is -0.508 e. The van der Waals surface area contributed by atoms with Crippen LogP contribution in [0.5, 0.6) is 11.5 Å². The lowest BCUT2D eigenvalue weighted by molar-refractivity contribution is -0.117. The number of fused-ring (bicyclic) bond motifs is 1. The molecule has 0 saturated carbocycles. The molecule has 2 atom stereocenters. The molecule has 1 fully saturated rings. The highest BCUT2D eigenvalue weighted by atomic mass is 32.2. The number of para-hydroxylation sites is 1. The van der Waals surface area contributed by atoms with Crippen LogP contribution in [0.25, 0.3) is 10.2 Å². The number of nitrogens with zero attached hydrogens (tertiary/aromatic N) is 6. The number of aryl methyl sites for hydroxylation is 1. The highest BCUT2D eigenvalue weighted by Crippen LogP contribution is 2.51. The van der Waals surface area contributed by atoms with Crippen molar-refractivity contribution in [1.29, 1.82) is 0 Å². The number of thiazole rings is 1. The number of carbonyl (C=O) groups excluding carboxylic acids is 1. The minimum atomic E-state index is -0.607. The quantitative estimate of drug-likeness (QED) is 0.194. The lowest BCUT2D eigenvalue weighted by Gasteiger charge is -2.26. The van der Waals surface area contributed by atoms with Gasteiger partial charge in [-0.2, -0.15) is 5.11 Å². The second kappa shape index (κ2) is 11.1. The molecule has 5 aromatic rings. The standard InChI is InChI=1S/C30H24N6O3S2/c1-17-7-3-4-8-22(17)33-34-23-13-12-20(37)16-25(23)36-28(39)18(2)40-29(36)21-15-19(11-14-26(21)38)32-35-30-31-24-9-5-6-10-27(24)41-30/h3-16,18,29,37-38H,1-2H3. The van der Waals surface area contributed by atoms with Gasteiger partial charge in [-0.15, -0.1) is 27.1 Å². The number of benzene rings is 4. The van der Waals surface area contributed by atoms with E-state index in [-0.39, 0.29) is 17.4 Å². The zero-order valence-corrected chi connectivity index (χ0v) is 23.7. The highest BCUT2D eigenvalue weighted by Gasteiger charge is 2.42. The molecule has 0 spiro atoms. The molecule has 0 aliphatic carbocycles. The number of amides is 1. The maximum Gasteiger partial charge on any atom is 0.241 e. The number of azo groups is 2. The van der Waals surface area contributed by atoms with Gasteiger partial charge in [0, 0.05) is 11.6 Å². The van der Waals surface area contributed by atoms with Gasteiger partial charge >= 0.3 is 0 Å². The van der Waals surface area contributed by atoms with Crippen molar-refractivity contribution in [1.82, 2.24) is 4.98 Å². The van der Waals surface area contributed by atoms with E-state index in [2.05, 4.69) is 25.4 Å². The third-order valence-corrected chi connectivity index (χ3v) is 8.82. The Hall–Kier alpha value is -4.61. The maximum absolute atomic E-state index is 13.5. The summed E-state index contributed by atoms with van der Waals surface area (Å²) >= 11 is 2.81. The first-order chi connectivity index (χ1) is 19.9. The van der Waals surface area contributed by atoms with Gasteiger partial charge in [0.25, 0.3) is 0 Å². The Morgan fingerprint density at radius 3 is 2.46 bits per heavy atom. The molecule has 1 aliphatic heterocycles. The Morgan fingerprint density at radius 1 is 0.854 bits per heavy atom. The molecular weight excluding hydrogens is 557 g/mol. The summed E-state index contributed by atoms with van der Waals surface area (Å²) in [6.07, 6.45) is 0. The van der Waals surface area contributed by atoms with Crippen molar-refractivity contribution < 1.29 is 15.0 Å². The Labute approximate surface area is 243 Å². The summed E-state index contributed by atoms with van der Waals surface area (Å²) < 4.78 is 1.01. The van der Waals surface area contributed by atoms with Crippen LogP contribution in [0.3, 0.4) is 0 Å². The summed E-state index contributed by atoms with van der Waals surface area (Å²) in [5.74, 6) is -0.191. The second-order valence-corrected chi connectivity index (χ2v) is 11.8. The maximum atomic E-state index is 13.5. The molecule has 1 amide bonds. The van der Waals surface area contributed by atoms with Crippen LogP contribution in [0, 0.1) is 6.92 Å². The number of rotatable bonds is 6. The van der Waals surface area contributed by atoms with Gasteiger partial charge in [0.05, 0.1) is 32.5 Å². The average molecular weight is 581 g/mol. The number of aromatic hydroxyl groups is 2. The van der Waals surface area contributed by atoms with E-state index in [0.717, 1.165) is 15.8 Å². The van der Waals surface area contributed by atoms with Crippen LogP contribution in [-0.2, 0) is 4.79 Å². The van der Waals surface area contributed by atoms with E-state index in [0.29, 0.717) is 33.4 Å². The molecule has 0 bridgehead atoms. The predicted molar refractivity (Wildman–Crippen MR) is 163 cm³/mol. The number of aromatic nitrogens is 1. The summed E-state index contributed by atoms with van der Waals surface area (Å²) in [4.78, 5) is 19.5. The van der Waals surface area contributed by atoms with Crippen LogP contribution >= 0.6 is 23.1 Å². The molecule has 1 aromatic heterocycles. The Bertz CT molecular complexity index is 1800. The van der Waals surface area contributed by atoms with Crippen molar-refractivity contribution in [2.75, 3.05) is 4.90 Å². The molecule has 2 heterocycles. The third kappa shape index (κ3) is 5.41. The minimum absolute atomic E-state index is 0.0107. The number of carbonyl (C=O) groups is 1. The SMILES string of the molecule is Cc1ccccc1N=Nc1ccc(O)cc1N1C(=O)C(C)SC1c1cc(N=Nc2nc3ccccc3s2)ccc1O. The van der Waals surface area contributed by atoms with Crippen molar-refractivity contribution in [2.45, 2.75) is 24.5 Å². The lowest BCUT2D eigenvalue weighted by Crippen LogP contribution is -2.30. The first-order valence-corrected chi connectivity index (χ1v) is 14.5. The van der Waals surface area contributed by atoms with Gasteiger partial charge in [-0.3, -0.25) is 9.69 Å². The van der Waals surface area contributed by atoms with Crippen LogP contribution in [-0.4, -0.2) is 26.4 Å². The highest BCUT2D eigenvalue weighted by molar-refractivity contribution is 8.01. The molecule has 11 heteroatoms. The van der Waals surface area contributed by atoms with Gasteiger partial charge in [0.15, 0.2) is 0 Å². The fraction of sp³-hybridized carbons (Fsp3) is 0.133. The zero-order chi connectivity index (χ0) is 28.5. The number of phenolic OH excluding ortho intramolecular Hbond substituents is 2. The summed E-state index contributed by atoms with van der Waals surface area (Å²) in [6, 6.07) is 24.9. The molecule has 204 valence electrons. The second-order valence-electron chi connectivity index (χ2n) is 9.41. The van der Waals surface area contributed by atoms with Gasteiger partial charge in [0.1, 0.15) is 22.6 Å². The van der Waals surface area contributed by atoms with Gasteiger partial charge in [-0.1, -0.05) is 41.7 Å². The first-order valence-electron chi connectivity index (χ1n) is 12.8. The van der Waals surface area contributed by atoms with Crippen LogP contribution < -0.4 is 4.90 Å². The Morgan fingerprint density at radius 2 is 1.63 bits per heavy atom. The van der Waals surface area contributed by atoms with E-state index in [9.17, 15) is 15.0 Å². The van der Waals surface area contributed by atoms with Crippen molar-refractivity contribution in [2.24, 2.45) is 20.5 Å². The monoisotopic (exact) mass is 580 g/mol. The molecule has 9 nitrogen and oxygen atoms in total. The lowest BCUT2D eigenvalue weighted by atomic mass is 10.1. The molecule has 2 N–H and O–H groups in total. The molecule has 41 heavy (non-hydrogen) atoms. The molecule has 6 rings (SSSR count). The van der Waals surface area contributed by atoms with E-state index in [1.54, 1.807) is 23.1 Å². The van der Waals surface area contributed by atoms with Crippen LogP contribution in [0.2, 0.25) is 0 Å². The topological polar surface area (TPSA) is 123 Å². The predicted octanol–water partition coefficient (Wildman–Crippen LogP) is 9.01. The third-order valence-electron chi connectivity index (χ3n) is 6.56. The van der Waals surface area contributed by atoms with E-state index < -0.39 is 10.6 Å². The van der Waals surface area contributed by atoms with E-state index in [4.69, 9.17) is 0 Å².